The van der Waals surface area contributed by atoms with Crippen LogP contribution in [0.15, 0.2) is 70.2 Å². The SMILES string of the molecule is Cc1ccc(C(=O)N/N=C\c2ccc(OCc3cccc(F)c3)c(Br)c2)cc1Cl. The van der Waals surface area contributed by atoms with Crippen molar-refractivity contribution in [2.75, 3.05) is 0 Å². The van der Waals surface area contributed by atoms with Crippen LogP contribution in [0.3, 0.4) is 0 Å². The summed E-state index contributed by atoms with van der Waals surface area (Å²) in [6.07, 6.45) is 1.52. The third-order valence-electron chi connectivity index (χ3n) is 4.05. The Hall–Kier alpha value is -2.70. The summed E-state index contributed by atoms with van der Waals surface area (Å²) in [6, 6.07) is 16.7. The lowest BCUT2D eigenvalue weighted by Crippen LogP contribution is -2.17. The van der Waals surface area contributed by atoms with Crippen LogP contribution in [-0.4, -0.2) is 12.1 Å². The second-order valence-electron chi connectivity index (χ2n) is 6.27. The molecule has 3 rings (SSSR count). The van der Waals surface area contributed by atoms with Gasteiger partial charge in [0.1, 0.15) is 18.2 Å². The molecule has 148 valence electrons. The highest BCUT2D eigenvalue weighted by Crippen LogP contribution is 2.26. The minimum Gasteiger partial charge on any atom is -0.488 e. The van der Waals surface area contributed by atoms with Crippen molar-refractivity contribution in [1.82, 2.24) is 5.43 Å². The van der Waals surface area contributed by atoms with Gasteiger partial charge in [0.05, 0.1) is 10.7 Å². The molecule has 0 bridgehead atoms. The molecule has 0 aliphatic carbocycles. The van der Waals surface area contributed by atoms with E-state index in [1.807, 2.05) is 6.92 Å². The molecule has 3 aromatic rings. The van der Waals surface area contributed by atoms with E-state index in [9.17, 15) is 9.18 Å². The van der Waals surface area contributed by atoms with Gasteiger partial charge in [0, 0.05) is 10.6 Å². The first-order valence-electron chi connectivity index (χ1n) is 8.69. The van der Waals surface area contributed by atoms with Crippen molar-refractivity contribution in [2.45, 2.75) is 13.5 Å². The molecule has 0 saturated carbocycles. The summed E-state index contributed by atoms with van der Waals surface area (Å²) in [5.74, 6) is -0.0336. The number of amides is 1. The molecule has 29 heavy (non-hydrogen) atoms. The number of halogens is 3. The third-order valence-corrected chi connectivity index (χ3v) is 5.08. The Morgan fingerprint density at radius 3 is 2.76 bits per heavy atom. The van der Waals surface area contributed by atoms with E-state index in [2.05, 4.69) is 26.5 Å². The van der Waals surface area contributed by atoms with Crippen LogP contribution in [0.1, 0.15) is 27.0 Å². The van der Waals surface area contributed by atoms with Gasteiger partial charge in [-0.15, -0.1) is 0 Å². The van der Waals surface area contributed by atoms with Crippen molar-refractivity contribution in [2.24, 2.45) is 5.10 Å². The van der Waals surface area contributed by atoms with Crippen molar-refractivity contribution in [1.29, 1.82) is 0 Å². The number of hydrazone groups is 1. The van der Waals surface area contributed by atoms with Crippen molar-refractivity contribution >= 4 is 39.7 Å². The maximum absolute atomic E-state index is 13.2. The molecule has 0 aliphatic heterocycles. The first kappa shape index (κ1) is 21.0. The van der Waals surface area contributed by atoms with Gasteiger partial charge in [0.25, 0.3) is 5.91 Å². The zero-order valence-corrected chi connectivity index (χ0v) is 17.8. The van der Waals surface area contributed by atoms with E-state index in [-0.39, 0.29) is 18.3 Å². The fourth-order valence-electron chi connectivity index (χ4n) is 2.47. The van der Waals surface area contributed by atoms with Gasteiger partial charge >= 0.3 is 0 Å². The largest absolute Gasteiger partial charge is 0.488 e. The maximum atomic E-state index is 13.2. The van der Waals surface area contributed by atoms with E-state index in [1.54, 1.807) is 48.5 Å². The van der Waals surface area contributed by atoms with Crippen LogP contribution in [0, 0.1) is 12.7 Å². The van der Waals surface area contributed by atoms with Gasteiger partial charge in [-0.25, -0.2) is 9.82 Å². The molecule has 7 heteroatoms. The summed E-state index contributed by atoms with van der Waals surface area (Å²) in [7, 11) is 0. The van der Waals surface area contributed by atoms with E-state index in [0.29, 0.717) is 16.3 Å². The predicted octanol–water partition coefficient (Wildman–Crippen LogP) is 5.89. The Morgan fingerprint density at radius 2 is 2.03 bits per heavy atom. The molecule has 0 heterocycles. The number of carbonyl (C=O) groups is 1. The summed E-state index contributed by atoms with van der Waals surface area (Å²) < 4.78 is 19.7. The highest BCUT2D eigenvalue weighted by atomic mass is 79.9. The van der Waals surface area contributed by atoms with E-state index < -0.39 is 0 Å². The van der Waals surface area contributed by atoms with Gasteiger partial charge in [-0.05, 0) is 82.0 Å². The molecule has 0 spiro atoms. The fraction of sp³-hybridized carbons (Fsp3) is 0.0909. The van der Waals surface area contributed by atoms with Crippen LogP contribution in [-0.2, 0) is 6.61 Å². The Labute approximate surface area is 181 Å². The zero-order chi connectivity index (χ0) is 20.8. The fourth-order valence-corrected chi connectivity index (χ4v) is 3.16. The van der Waals surface area contributed by atoms with E-state index in [0.717, 1.165) is 21.2 Å². The molecule has 1 amide bonds. The molecule has 3 aromatic carbocycles. The summed E-state index contributed by atoms with van der Waals surface area (Å²) in [6.45, 7) is 2.12. The van der Waals surface area contributed by atoms with Gasteiger partial charge in [0.15, 0.2) is 0 Å². The van der Waals surface area contributed by atoms with Gasteiger partial charge in [0.2, 0.25) is 0 Å². The van der Waals surface area contributed by atoms with Crippen LogP contribution in [0.4, 0.5) is 4.39 Å². The number of benzene rings is 3. The van der Waals surface area contributed by atoms with Crippen LogP contribution in [0.5, 0.6) is 5.75 Å². The lowest BCUT2D eigenvalue weighted by atomic mass is 10.1. The second-order valence-corrected chi connectivity index (χ2v) is 7.53. The first-order chi connectivity index (χ1) is 13.9. The molecular weight excluding hydrogens is 459 g/mol. The molecule has 4 nitrogen and oxygen atoms in total. The molecule has 0 aliphatic rings. The molecule has 0 atom stereocenters. The molecule has 0 aromatic heterocycles. The van der Waals surface area contributed by atoms with Crippen molar-refractivity contribution in [3.63, 3.8) is 0 Å². The Bertz CT molecular complexity index is 1070. The van der Waals surface area contributed by atoms with Crippen LogP contribution in [0.25, 0.3) is 0 Å². The molecule has 0 radical (unpaired) electrons. The van der Waals surface area contributed by atoms with Gasteiger partial charge in [-0.1, -0.05) is 29.8 Å². The number of carbonyl (C=O) groups excluding carboxylic acids is 1. The van der Waals surface area contributed by atoms with Crippen LogP contribution < -0.4 is 10.2 Å². The number of nitrogens with one attached hydrogen (secondary N) is 1. The molecular formula is C22H17BrClFN2O2. The molecule has 0 fully saturated rings. The lowest BCUT2D eigenvalue weighted by Gasteiger charge is -2.09. The third kappa shape index (κ3) is 5.89. The Morgan fingerprint density at radius 1 is 1.21 bits per heavy atom. The minimum absolute atomic E-state index is 0.249. The predicted molar refractivity (Wildman–Crippen MR) is 116 cm³/mol. The second kappa shape index (κ2) is 9.67. The van der Waals surface area contributed by atoms with E-state index in [1.165, 1.54) is 18.3 Å². The summed E-state index contributed by atoms with van der Waals surface area (Å²) in [4.78, 5) is 12.1. The van der Waals surface area contributed by atoms with Crippen molar-refractivity contribution in [3.05, 3.63) is 98.2 Å². The Balaban J connectivity index is 1.59. The summed E-state index contributed by atoms with van der Waals surface area (Å²) >= 11 is 9.48. The quantitative estimate of drug-likeness (QED) is 0.357. The standard InChI is InChI=1S/C22H17BrClFN2O2/c1-14-5-7-17(11-20(14)24)22(28)27-26-12-15-6-8-21(19(23)10-15)29-13-16-3-2-4-18(25)9-16/h2-12H,13H2,1H3,(H,27,28)/b26-12-. The number of aryl methyl sites for hydroxylation is 1. The highest BCUT2D eigenvalue weighted by Gasteiger charge is 2.07. The number of hydrogen-bond donors (Lipinski definition) is 1. The number of hydrogen-bond acceptors (Lipinski definition) is 3. The molecule has 0 saturated heterocycles. The zero-order valence-electron chi connectivity index (χ0n) is 15.5. The highest BCUT2D eigenvalue weighted by molar-refractivity contribution is 9.10. The smallest absolute Gasteiger partial charge is 0.271 e. The molecule has 0 unspecified atom stereocenters. The molecule has 1 N–H and O–H groups in total. The topological polar surface area (TPSA) is 50.7 Å². The van der Waals surface area contributed by atoms with Crippen LogP contribution in [0.2, 0.25) is 5.02 Å². The number of ether oxygens (including phenoxy) is 1. The average Bonchev–Trinajstić information content (AvgIpc) is 2.69. The number of rotatable bonds is 6. The average molecular weight is 476 g/mol. The summed E-state index contributed by atoms with van der Waals surface area (Å²) in [5.41, 5.74) is 5.30. The van der Waals surface area contributed by atoms with E-state index >= 15 is 0 Å². The van der Waals surface area contributed by atoms with Gasteiger partial charge in [-0.3, -0.25) is 4.79 Å². The van der Waals surface area contributed by atoms with Gasteiger partial charge < -0.3 is 4.74 Å². The van der Waals surface area contributed by atoms with Crippen LogP contribution >= 0.6 is 27.5 Å². The monoisotopic (exact) mass is 474 g/mol. The number of nitrogens with zero attached hydrogens (tertiary/aromatic N) is 1. The minimum atomic E-state index is -0.350. The maximum Gasteiger partial charge on any atom is 0.271 e. The Kier molecular flexibility index (Phi) is 7.01. The normalized spacial score (nSPS) is 10.9. The van der Waals surface area contributed by atoms with E-state index in [4.69, 9.17) is 16.3 Å². The lowest BCUT2D eigenvalue weighted by molar-refractivity contribution is 0.0955. The summed E-state index contributed by atoms with van der Waals surface area (Å²) in [5, 5.41) is 4.50. The van der Waals surface area contributed by atoms with Gasteiger partial charge in [-0.2, -0.15) is 5.10 Å². The first-order valence-corrected chi connectivity index (χ1v) is 9.86. The van der Waals surface area contributed by atoms with Crippen molar-refractivity contribution < 1.29 is 13.9 Å². The van der Waals surface area contributed by atoms with Crippen molar-refractivity contribution in [3.8, 4) is 5.75 Å².